The van der Waals surface area contributed by atoms with Gasteiger partial charge < -0.3 is 11.1 Å². The van der Waals surface area contributed by atoms with Crippen molar-refractivity contribution in [3.8, 4) is 11.1 Å². The second kappa shape index (κ2) is 7.64. The average Bonchev–Trinajstić information content (AvgIpc) is 3.46. The molecule has 0 aliphatic heterocycles. The summed E-state index contributed by atoms with van der Waals surface area (Å²) in [7, 11) is 0. The van der Waals surface area contributed by atoms with Crippen molar-refractivity contribution in [3.05, 3.63) is 64.8 Å². The van der Waals surface area contributed by atoms with Gasteiger partial charge in [-0.05, 0) is 47.1 Å². The first kappa shape index (κ1) is 20.0. The lowest BCUT2D eigenvalue weighted by atomic mass is 10.1. The zero-order chi connectivity index (χ0) is 22.4. The van der Waals surface area contributed by atoms with Gasteiger partial charge in [-0.3, -0.25) is 14.9 Å². The molecule has 32 heavy (non-hydrogen) atoms. The Morgan fingerprint density at radius 1 is 1.28 bits per heavy atom. The van der Waals surface area contributed by atoms with Gasteiger partial charge >= 0.3 is 0 Å². The maximum atomic E-state index is 13.7. The molecule has 0 aliphatic carbocycles. The monoisotopic (exact) mass is 495 g/mol. The van der Waals surface area contributed by atoms with E-state index in [0.29, 0.717) is 43.7 Å². The van der Waals surface area contributed by atoms with Crippen molar-refractivity contribution >= 4 is 44.2 Å². The van der Waals surface area contributed by atoms with Crippen molar-refractivity contribution in [1.29, 1.82) is 0 Å². The summed E-state index contributed by atoms with van der Waals surface area (Å²) in [5.41, 5.74) is 9.30. The van der Waals surface area contributed by atoms with Gasteiger partial charge in [-0.25, -0.2) is 14.4 Å². The second-order valence-electron chi connectivity index (χ2n) is 7.07. The smallest absolute Gasteiger partial charge is 0.291 e. The lowest BCUT2D eigenvalue weighted by molar-refractivity contribution is 0.0929. The van der Waals surface area contributed by atoms with Crippen LogP contribution in [0.5, 0.6) is 0 Å². The summed E-state index contributed by atoms with van der Waals surface area (Å²) in [6.07, 6.45) is 4.61. The lowest BCUT2D eigenvalue weighted by Gasteiger charge is -2.16. The summed E-state index contributed by atoms with van der Waals surface area (Å²) < 4.78 is 15.7. The van der Waals surface area contributed by atoms with Crippen LogP contribution < -0.4 is 11.1 Å². The summed E-state index contributed by atoms with van der Waals surface area (Å²) in [6.45, 7) is 1.77. The average molecular weight is 496 g/mol. The number of H-pyrrole nitrogens is 1. The van der Waals surface area contributed by atoms with E-state index in [0.717, 1.165) is 0 Å². The quantitative estimate of drug-likeness (QED) is 0.348. The number of nitrogen functional groups attached to an aromatic ring is 1. The molecule has 10 nitrogen and oxygen atoms in total. The van der Waals surface area contributed by atoms with Crippen molar-refractivity contribution in [2.75, 3.05) is 5.73 Å². The number of nitrogens with one attached hydrogen (secondary N) is 2. The summed E-state index contributed by atoms with van der Waals surface area (Å²) >= 11 is 3.46. The second-order valence-corrected chi connectivity index (χ2v) is 7.86. The number of rotatable bonds is 4. The molecule has 4 N–H and O–H groups in total. The molecule has 0 saturated carbocycles. The fourth-order valence-electron chi connectivity index (χ4n) is 3.40. The SMILES string of the molecule is CC(NC(=O)c1nc[nH]n1)c1nc2c(-c3cnc4ccc(F)cc4c3)cnn2c(N)c1Br. The largest absolute Gasteiger partial charge is 0.383 e. The van der Waals surface area contributed by atoms with Crippen LogP contribution in [0.4, 0.5) is 10.2 Å². The summed E-state index contributed by atoms with van der Waals surface area (Å²) in [5, 5.41) is 14.1. The number of halogens is 2. The maximum Gasteiger partial charge on any atom is 0.291 e. The third-order valence-electron chi connectivity index (χ3n) is 4.98. The van der Waals surface area contributed by atoms with E-state index in [2.05, 4.69) is 46.5 Å². The highest BCUT2D eigenvalue weighted by molar-refractivity contribution is 9.10. The van der Waals surface area contributed by atoms with E-state index >= 15 is 0 Å². The number of aromatic nitrogens is 7. The lowest BCUT2D eigenvalue weighted by Crippen LogP contribution is -2.29. The zero-order valence-corrected chi connectivity index (χ0v) is 18.1. The van der Waals surface area contributed by atoms with Crippen molar-refractivity contribution in [1.82, 2.24) is 40.1 Å². The minimum absolute atomic E-state index is 0.0153. The van der Waals surface area contributed by atoms with Gasteiger partial charge in [0.05, 0.1) is 27.9 Å². The predicted molar refractivity (Wildman–Crippen MR) is 118 cm³/mol. The molecule has 0 spiro atoms. The summed E-state index contributed by atoms with van der Waals surface area (Å²) in [4.78, 5) is 25.3. The molecule has 1 aromatic carbocycles. The highest BCUT2D eigenvalue weighted by Crippen LogP contribution is 2.33. The van der Waals surface area contributed by atoms with E-state index in [4.69, 9.17) is 10.7 Å². The Hall–Kier alpha value is -3.93. The van der Waals surface area contributed by atoms with Crippen molar-refractivity contribution < 1.29 is 9.18 Å². The van der Waals surface area contributed by atoms with E-state index < -0.39 is 11.9 Å². The molecule has 12 heteroatoms. The number of carbonyl (C=O) groups excluding carboxylic acids is 1. The summed E-state index contributed by atoms with van der Waals surface area (Å²) in [5.74, 6) is -0.474. The molecule has 0 aliphatic rings. The van der Waals surface area contributed by atoms with E-state index in [1.807, 2.05) is 6.07 Å². The fourth-order valence-corrected chi connectivity index (χ4v) is 4.00. The number of nitrogens with zero attached hydrogens (tertiary/aromatic N) is 6. The van der Waals surface area contributed by atoms with Gasteiger partial charge in [0.15, 0.2) is 5.65 Å². The molecule has 1 unspecified atom stereocenters. The first-order valence-corrected chi connectivity index (χ1v) is 10.3. The van der Waals surface area contributed by atoms with Crippen LogP contribution in [0.3, 0.4) is 0 Å². The van der Waals surface area contributed by atoms with Crippen LogP contribution >= 0.6 is 15.9 Å². The minimum Gasteiger partial charge on any atom is -0.383 e. The molecule has 0 fully saturated rings. The van der Waals surface area contributed by atoms with Gasteiger partial charge in [0.1, 0.15) is 18.0 Å². The number of pyridine rings is 1. The molecule has 5 aromatic rings. The van der Waals surface area contributed by atoms with Gasteiger partial charge in [0.25, 0.3) is 5.91 Å². The maximum absolute atomic E-state index is 13.7. The number of aromatic amines is 1. The Morgan fingerprint density at radius 2 is 2.12 bits per heavy atom. The number of fused-ring (bicyclic) bond motifs is 2. The molecule has 4 heterocycles. The Bertz CT molecular complexity index is 1480. The zero-order valence-electron chi connectivity index (χ0n) is 16.5. The third-order valence-corrected chi connectivity index (χ3v) is 5.79. The van der Waals surface area contributed by atoms with Gasteiger partial charge in [-0.1, -0.05) is 0 Å². The number of benzene rings is 1. The number of anilines is 1. The molecular formula is C20H15BrFN9O. The standard InChI is InChI=1S/C20H15BrFN9O/c1-9(28-20(32)18-25-8-26-30-18)16-15(21)17(23)31-19(29-16)13(7-27-31)11-4-10-5-12(22)2-3-14(10)24-6-11/h2-9H,23H2,1H3,(H,28,32)(H,25,26,30). The number of amides is 1. The van der Waals surface area contributed by atoms with Gasteiger partial charge in [0, 0.05) is 22.7 Å². The van der Waals surface area contributed by atoms with Crippen LogP contribution in [0.2, 0.25) is 0 Å². The molecule has 160 valence electrons. The van der Waals surface area contributed by atoms with Crippen LogP contribution in [0.15, 0.2) is 47.5 Å². The van der Waals surface area contributed by atoms with E-state index in [1.54, 1.807) is 25.4 Å². The number of hydrogen-bond acceptors (Lipinski definition) is 7. The highest BCUT2D eigenvalue weighted by atomic mass is 79.9. The Morgan fingerprint density at radius 3 is 2.91 bits per heavy atom. The van der Waals surface area contributed by atoms with E-state index in [1.165, 1.54) is 23.0 Å². The normalized spacial score (nSPS) is 12.3. The van der Waals surface area contributed by atoms with E-state index in [-0.39, 0.29) is 11.6 Å². The molecule has 5 rings (SSSR count). The molecule has 0 saturated heterocycles. The first-order chi connectivity index (χ1) is 15.4. The molecule has 1 atom stereocenters. The van der Waals surface area contributed by atoms with Crippen LogP contribution in [-0.2, 0) is 0 Å². The molecule has 1 amide bonds. The first-order valence-electron chi connectivity index (χ1n) is 9.47. The van der Waals surface area contributed by atoms with Crippen LogP contribution in [0.1, 0.15) is 29.3 Å². The van der Waals surface area contributed by atoms with E-state index in [9.17, 15) is 9.18 Å². The van der Waals surface area contributed by atoms with Crippen LogP contribution in [0, 0.1) is 5.82 Å². The molecule has 4 aromatic heterocycles. The molecular weight excluding hydrogens is 481 g/mol. The van der Waals surface area contributed by atoms with Crippen molar-refractivity contribution in [2.24, 2.45) is 0 Å². The predicted octanol–water partition coefficient (Wildman–Crippen LogP) is 3.04. The Balaban J connectivity index is 1.59. The van der Waals surface area contributed by atoms with Crippen molar-refractivity contribution in [2.45, 2.75) is 13.0 Å². The van der Waals surface area contributed by atoms with Crippen molar-refractivity contribution in [3.63, 3.8) is 0 Å². The van der Waals surface area contributed by atoms with Crippen LogP contribution in [-0.4, -0.2) is 40.7 Å². The van der Waals surface area contributed by atoms with Gasteiger partial charge in [-0.15, -0.1) is 5.10 Å². The molecule has 0 bridgehead atoms. The number of hydrogen-bond donors (Lipinski definition) is 3. The Labute approximate surface area is 188 Å². The number of carbonyl (C=O) groups is 1. The highest BCUT2D eigenvalue weighted by Gasteiger charge is 2.22. The fraction of sp³-hybridized carbons (Fsp3) is 0.100. The third kappa shape index (κ3) is 3.34. The van der Waals surface area contributed by atoms with Crippen LogP contribution in [0.25, 0.3) is 27.7 Å². The number of nitrogens with two attached hydrogens (primary N) is 1. The van der Waals surface area contributed by atoms with Gasteiger partial charge in [0.2, 0.25) is 5.82 Å². The topological polar surface area (TPSA) is 140 Å². The minimum atomic E-state index is -0.519. The van der Waals surface area contributed by atoms with Gasteiger partial charge in [-0.2, -0.15) is 9.61 Å². The molecule has 0 radical (unpaired) electrons. The Kier molecular flexibility index (Phi) is 4.78. The summed E-state index contributed by atoms with van der Waals surface area (Å²) in [6, 6.07) is 5.70.